The lowest BCUT2D eigenvalue weighted by Gasteiger charge is -2.44. The van der Waals surface area contributed by atoms with Gasteiger partial charge in [0.1, 0.15) is 5.82 Å². The summed E-state index contributed by atoms with van der Waals surface area (Å²) in [4.78, 5) is 4.80. The number of hydrogen-bond acceptors (Lipinski definition) is 3. The first-order valence-corrected chi connectivity index (χ1v) is 9.00. The molecule has 0 spiro atoms. The molecule has 4 heteroatoms. The van der Waals surface area contributed by atoms with Gasteiger partial charge in [-0.05, 0) is 57.6 Å². The van der Waals surface area contributed by atoms with Gasteiger partial charge >= 0.3 is 0 Å². The fraction of sp³-hybridized carbons (Fsp3) is 0.684. The number of rotatable bonds is 5. The zero-order valence-electron chi connectivity index (χ0n) is 14.5. The lowest BCUT2D eigenvalue weighted by atomic mass is 9.80. The Morgan fingerprint density at radius 2 is 1.87 bits per heavy atom. The molecule has 1 aliphatic heterocycles. The molecular weight excluding hydrogens is 289 g/mol. The summed E-state index contributed by atoms with van der Waals surface area (Å²) >= 11 is 0. The van der Waals surface area contributed by atoms with Crippen molar-refractivity contribution in [2.24, 2.45) is 0 Å². The molecule has 1 aromatic carbocycles. The van der Waals surface area contributed by atoms with E-state index in [4.69, 9.17) is 0 Å². The summed E-state index contributed by atoms with van der Waals surface area (Å²) in [5.74, 6) is -0.159. The molecule has 1 aliphatic carbocycles. The lowest BCUT2D eigenvalue weighted by Crippen LogP contribution is -2.54. The molecule has 1 N–H and O–H groups in total. The third-order valence-corrected chi connectivity index (χ3v) is 5.83. The van der Waals surface area contributed by atoms with Crippen molar-refractivity contribution in [2.75, 3.05) is 38.6 Å². The van der Waals surface area contributed by atoms with E-state index in [-0.39, 0.29) is 5.82 Å². The molecule has 1 saturated heterocycles. The number of benzene rings is 1. The van der Waals surface area contributed by atoms with Gasteiger partial charge in [-0.25, -0.2) is 4.39 Å². The van der Waals surface area contributed by atoms with E-state index >= 15 is 0 Å². The van der Waals surface area contributed by atoms with Crippen molar-refractivity contribution >= 4 is 5.69 Å². The molecular formula is C19H30FN3. The summed E-state index contributed by atoms with van der Waals surface area (Å²) in [6.07, 6.45) is 7.87. The normalized spacial score (nSPS) is 24.3. The first-order valence-electron chi connectivity index (χ1n) is 9.00. The second-order valence-corrected chi connectivity index (χ2v) is 7.47. The molecule has 0 aromatic heterocycles. The van der Waals surface area contributed by atoms with E-state index in [0.29, 0.717) is 11.6 Å². The van der Waals surface area contributed by atoms with E-state index in [2.05, 4.69) is 29.2 Å². The molecule has 0 radical (unpaired) electrons. The molecule has 1 atom stereocenters. The highest BCUT2D eigenvalue weighted by atomic mass is 19.1. The van der Waals surface area contributed by atoms with Crippen LogP contribution < -0.4 is 10.2 Å². The molecule has 1 aromatic rings. The molecule has 2 fully saturated rings. The molecule has 0 amide bonds. The standard InChI is InChI=1S/C19H30FN3/c1-22(2)19(11-4-3-5-12-19)15-21-17-10-13-23(14-17)18-8-6-16(20)7-9-18/h6-9,17,21H,3-5,10-15H2,1-2H3. The van der Waals surface area contributed by atoms with Crippen molar-refractivity contribution in [3.8, 4) is 0 Å². The topological polar surface area (TPSA) is 18.5 Å². The maximum Gasteiger partial charge on any atom is 0.123 e. The zero-order valence-corrected chi connectivity index (χ0v) is 14.5. The van der Waals surface area contributed by atoms with Crippen molar-refractivity contribution in [1.82, 2.24) is 10.2 Å². The van der Waals surface area contributed by atoms with Gasteiger partial charge in [0.2, 0.25) is 0 Å². The quantitative estimate of drug-likeness (QED) is 0.899. The fourth-order valence-corrected chi connectivity index (χ4v) is 4.14. The summed E-state index contributed by atoms with van der Waals surface area (Å²) in [5, 5.41) is 3.83. The Bertz CT molecular complexity index is 494. The maximum atomic E-state index is 13.1. The van der Waals surface area contributed by atoms with Crippen LogP contribution in [0.15, 0.2) is 24.3 Å². The van der Waals surface area contributed by atoms with Gasteiger partial charge in [-0.3, -0.25) is 0 Å². The predicted octanol–water partition coefficient (Wildman–Crippen LogP) is 3.26. The van der Waals surface area contributed by atoms with Crippen molar-refractivity contribution < 1.29 is 4.39 Å². The third-order valence-electron chi connectivity index (χ3n) is 5.83. The average molecular weight is 319 g/mol. The minimum atomic E-state index is -0.159. The van der Waals surface area contributed by atoms with Gasteiger partial charge in [-0.15, -0.1) is 0 Å². The van der Waals surface area contributed by atoms with E-state index in [1.54, 1.807) is 12.1 Å². The van der Waals surface area contributed by atoms with Crippen LogP contribution in [0, 0.1) is 5.82 Å². The molecule has 1 unspecified atom stereocenters. The lowest BCUT2D eigenvalue weighted by molar-refractivity contribution is 0.0959. The maximum absolute atomic E-state index is 13.1. The minimum Gasteiger partial charge on any atom is -0.370 e. The second kappa shape index (κ2) is 7.18. The molecule has 128 valence electrons. The van der Waals surface area contributed by atoms with Gasteiger partial charge in [0.05, 0.1) is 0 Å². The van der Waals surface area contributed by atoms with Gasteiger partial charge < -0.3 is 15.1 Å². The monoisotopic (exact) mass is 319 g/mol. The first kappa shape index (κ1) is 16.7. The highest BCUT2D eigenvalue weighted by Crippen LogP contribution is 2.32. The van der Waals surface area contributed by atoms with Crippen LogP contribution in [-0.4, -0.2) is 50.2 Å². The zero-order chi connectivity index (χ0) is 16.3. The van der Waals surface area contributed by atoms with E-state index in [0.717, 1.165) is 25.3 Å². The largest absolute Gasteiger partial charge is 0.370 e. The first-order chi connectivity index (χ1) is 11.1. The number of likely N-dealkylation sites (N-methyl/N-ethyl adjacent to an activating group) is 1. The Kier molecular flexibility index (Phi) is 5.22. The number of nitrogens with one attached hydrogen (secondary N) is 1. The number of hydrogen-bond donors (Lipinski definition) is 1. The third kappa shape index (κ3) is 3.86. The van der Waals surface area contributed by atoms with Gasteiger partial charge in [0.15, 0.2) is 0 Å². The predicted molar refractivity (Wildman–Crippen MR) is 94.5 cm³/mol. The molecule has 23 heavy (non-hydrogen) atoms. The van der Waals surface area contributed by atoms with Crippen LogP contribution in [0.2, 0.25) is 0 Å². The molecule has 1 saturated carbocycles. The van der Waals surface area contributed by atoms with Crippen molar-refractivity contribution in [3.63, 3.8) is 0 Å². The summed E-state index contributed by atoms with van der Waals surface area (Å²) in [6, 6.07) is 7.43. The summed E-state index contributed by atoms with van der Waals surface area (Å²) in [5.41, 5.74) is 1.47. The minimum absolute atomic E-state index is 0.159. The molecule has 1 heterocycles. The van der Waals surface area contributed by atoms with E-state index < -0.39 is 0 Å². The Morgan fingerprint density at radius 1 is 1.17 bits per heavy atom. The van der Waals surface area contributed by atoms with Gasteiger partial charge in [0.25, 0.3) is 0 Å². The Balaban J connectivity index is 1.54. The van der Waals surface area contributed by atoms with Gasteiger partial charge in [-0.1, -0.05) is 19.3 Å². The highest BCUT2D eigenvalue weighted by Gasteiger charge is 2.35. The second-order valence-electron chi connectivity index (χ2n) is 7.47. The molecule has 3 nitrogen and oxygen atoms in total. The number of anilines is 1. The SMILES string of the molecule is CN(C)C1(CNC2CCN(c3ccc(F)cc3)C2)CCCCC1. The molecule has 0 bridgehead atoms. The van der Waals surface area contributed by atoms with E-state index in [1.807, 2.05) is 12.1 Å². The smallest absolute Gasteiger partial charge is 0.123 e. The summed E-state index contributed by atoms with van der Waals surface area (Å²) in [7, 11) is 4.46. The van der Waals surface area contributed by atoms with Crippen LogP contribution in [0.4, 0.5) is 10.1 Å². The Labute approximate surface area is 139 Å². The van der Waals surface area contributed by atoms with Crippen molar-refractivity contribution in [3.05, 3.63) is 30.1 Å². The van der Waals surface area contributed by atoms with Crippen LogP contribution in [0.1, 0.15) is 38.5 Å². The number of halogens is 1. The number of nitrogens with zero attached hydrogens (tertiary/aromatic N) is 2. The van der Waals surface area contributed by atoms with Crippen LogP contribution in [-0.2, 0) is 0 Å². The highest BCUT2D eigenvalue weighted by molar-refractivity contribution is 5.47. The summed E-state index contributed by atoms with van der Waals surface area (Å²) in [6.45, 7) is 3.16. The molecule has 2 aliphatic rings. The Hall–Kier alpha value is -1.13. The van der Waals surface area contributed by atoms with Crippen LogP contribution in [0.5, 0.6) is 0 Å². The van der Waals surface area contributed by atoms with Gasteiger partial charge in [0, 0.05) is 36.9 Å². The average Bonchev–Trinajstić information content (AvgIpc) is 3.03. The van der Waals surface area contributed by atoms with Crippen LogP contribution in [0.3, 0.4) is 0 Å². The Morgan fingerprint density at radius 3 is 2.52 bits per heavy atom. The molecule has 3 rings (SSSR count). The van der Waals surface area contributed by atoms with E-state index in [1.165, 1.54) is 38.5 Å². The summed E-state index contributed by atoms with van der Waals surface area (Å²) < 4.78 is 13.1. The fourth-order valence-electron chi connectivity index (χ4n) is 4.14. The van der Waals surface area contributed by atoms with Gasteiger partial charge in [-0.2, -0.15) is 0 Å². The van der Waals surface area contributed by atoms with Crippen molar-refractivity contribution in [2.45, 2.75) is 50.1 Å². The van der Waals surface area contributed by atoms with Crippen molar-refractivity contribution in [1.29, 1.82) is 0 Å². The van der Waals surface area contributed by atoms with E-state index in [9.17, 15) is 4.39 Å². The van der Waals surface area contributed by atoms with Crippen LogP contribution >= 0.6 is 0 Å². The van der Waals surface area contributed by atoms with Crippen LogP contribution in [0.25, 0.3) is 0 Å².